The maximum Gasteiger partial charge on any atom is 0.417 e. The van der Waals surface area contributed by atoms with Gasteiger partial charge in [-0.1, -0.05) is 23.7 Å². The van der Waals surface area contributed by atoms with Crippen molar-refractivity contribution in [2.45, 2.75) is 16.8 Å². The summed E-state index contributed by atoms with van der Waals surface area (Å²) in [7, 11) is 0. The van der Waals surface area contributed by atoms with Crippen LogP contribution in [-0.4, -0.2) is 0 Å². The molecule has 0 fully saturated rings. The average molecular weight is 328 g/mol. The number of alkyl halides is 3. The highest BCUT2D eigenvalue weighted by atomic mass is 35.5. The van der Waals surface area contributed by atoms with Gasteiger partial charge >= 0.3 is 6.18 Å². The smallest absolute Gasteiger partial charge is 0.192 e. The molecule has 0 saturated carbocycles. The minimum Gasteiger partial charge on any atom is -0.192 e. The summed E-state index contributed by atoms with van der Waals surface area (Å²) >= 11 is 7.15. The van der Waals surface area contributed by atoms with E-state index in [1.807, 2.05) is 12.1 Å². The van der Waals surface area contributed by atoms with Crippen molar-refractivity contribution < 1.29 is 13.2 Å². The molecule has 0 aliphatic carbocycles. The van der Waals surface area contributed by atoms with Crippen LogP contribution in [0, 0.1) is 11.3 Å². The highest BCUT2D eigenvalue weighted by molar-refractivity contribution is 7.98. The molecule has 0 heterocycles. The van der Waals surface area contributed by atoms with Gasteiger partial charge in [0, 0.05) is 15.7 Å². The van der Waals surface area contributed by atoms with E-state index < -0.39 is 11.7 Å². The molecule has 0 aromatic heterocycles. The molecule has 0 aliphatic rings. The Bertz CT molecular complexity index is 675. The lowest BCUT2D eigenvalue weighted by atomic mass is 10.1. The molecule has 0 unspecified atom stereocenters. The molecule has 2 aromatic rings. The van der Waals surface area contributed by atoms with Crippen LogP contribution < -0.4 is 0 Å². The fraction of sp³-hybridized carbons (Fsp3) is 0.133. The monoisotopic (exact) mass is 327 g/mol. The zero-order valence-corrected chi connectivity index (χ0v) is 12.2. The van der Waals surface area contributed by atoms with Gasteiger partial charge in [-0.3, -0.25) is 0 Å². The molecule has 0 saturated heterocycles. The summed E-state index contributed by atoms with van der Waals surface area (Å²) in [5, 5.41) is 9.48. The fourth-order valence-corrected chi connectivity index (χ4v) is 2.72. The number of rotatable bonds is 3. The minimum absolute atomic E-state index is 0.358. The maximum absolute atomic E-state index is 12.7. The Morgan fingerprint density at radius 2 is 1.76 bits per heavy atom. The minimum atomic E-state index is -4.51. The molecule has 0 spiro atoms. The Balaban J connectivity index is 2.15. The number of thioether (sulfide) groups is 1. The standard InChI is InChI=1S/C15H9ClF3NS/c16-12-3-1-10(2-4-12)9-21-13-5-6-14(15(17,18)19)11(7-13)8-20/h1-7H,9H2. The van der Waals surface area contributed by atoms with E-state index in [9.17, 15) is 13.2 Å². The summed E-state index contributed by atoms with van der Waals surface area (Å²) in [6.07, 6.45) is -4.51. The van der Waals surface area contributed by atoms with Gasteiger partial charge in [-0.15, -0.1) is 11.8 Å². The van der Waals surface area contributed by atoms with Crippen LogP contribution >= 0.6 is 23.4 Å². The van der Waals surface area contributed by atoms with Gasteiger partial charge in [-0.25, -0.2) is 0 Å². The third-order valence-electron chi connectivity index (χ3n) is 2.74. The predicted molar refractivity (Wildman–Crippen MR) is 77.2 cm³/mol. The first-order chi connectivity index (χ1) is 9.90. The molecule has 0 radical (unpaired) electrons. The molecule has 0 atom stereocenters. The highest BCUT2D eigenvalue weighted by Gasteiger charge is 2.33. The van der Waals surface area contributed by atoms with E-state index in [2.05, 4.69) is 0 Å². The van der Waals surface area contributed by atoms with Crippen LogP contribution in [0.5, 0.6) is 0 Å². The lowest BCUT2D eigenvalue weighted by Crippen LogP contribution is -2.07. The van der Waals surface area contributed by atoms with Crippen molar-refractivity contribution in [1.82, 2.24) is 0 Å². The van der Waals surface area contributed by atoms with Gasteiger partial charge in [-0.05, 0) is 35.9 Å². The second-order valence-electron chi connectivity index (χ2n) is 4.23. The summed E-state index contributed by atoms with van der Waals surface area (Å²) in [5.74, 6) is 0.591. The molecule has 108 valence electrons. The normalized spacial score (nSPS) is 11.2. The van der Waals surface area contributed by atoms with E-state index in [1.165, 1.54) is 23.9 Å². The largest absolute Gasteiger partial charge is 0.417 e. The molecule has 0 N–H and O–H groups in total. The lowest BCUT2D eigenvalue weighted by molar-refractivity contribution is -0.137. The number of nitrogens with zero attached hydrogens (tertiary/aromatic N) is 1. The summed E-state index contributed by atoms with van der Waals surface area (Å²) in [6, 6.07) is 12.4. The van der Waals surface area contributed by atoms with Crippen LogP contribution in [0.25, 0.3) is 0 Å². The number of nitriles is 1. The maximum atomic E-state index is 12.7. The number of hydrogen-bond donors (Lipinski definition) is 0. The fourth-order valence-electron chi connectivity index (χ4n) is 1.70. The van der Waals surface area contributed by atoms with Crippen molar-refractivity contribution in [2.24, 2.45) is 0 Å². The summed E-state index contributed by atoms with van der Waals surface area (Å²) in [5.41, 5.74) is -0.257. The van der Waals surface area contributed by atoms with E-state index in [-0.39, 0.29) is 5.56 Å². The van der Waals surface area contributed by atoms with Crippen LogP contribution in [0.15, 0.2) is 47.4 Å². The Labute approximate surface area is 129 Å². The first-order valence-electron chi connectivity index (χ1n) is 5.89. The van der Waals surface area contributed by atoms with Crippen LogP contribution in [-0.2, 0) is 11.9 Å². The van der Waals surface area contributed by atoms with Crippen LogP contribution in [0.3, 0.4) is 0 Å². The Hall–Kier alpha value is -1.64. The van der Waals surface area contributed by atoms with E-state index >= 15 is 0 Å². The SMILES string of the molecule is N#Cc1cc(SCc2ccc(Cl)cc2)ccc1C(F)(F)F. The molecular formula is C15H9ClF3NS. The second-order valence-corrected chi connectivity index (χ2v) is 5.72. The number of benzene rings is 2. The Kier molecular flexibility index (Phi) is 4.81. The van der Waals surface area contributed by atoms with Crippen LogP contribution in [0.1, 0.15) is 16.7 Å². The highest BCUT2D eigenvalue weighted by Crippen LogP contribution is 2.34. The van der Waals surface area contributed by atoms with E-state index in [0.717, 1.165) is 11.6 Å². The van der Waals surface area contributed by atoms with Gasteiger partial charge in [0.1, 0.15) is 0 Å². The van der Waals surface area contributed by atoms with Gasteiger partial charge < -0.3 is 0 Å². The molecule has 6 heteroatoms. The average Bonchev–Trinajstić information content (AvgIpc) is 2.45. The summed E-state index contributed by atoms with van der Waals surface area (Å²) < 4.78 is 38.1. The predicted octanol–water partition coefficient (Wildman–Crippen LogP) is 5.52. The van der Waals surface area contributed by atoms with E-state index in [1.54, 1.807) is 18.2 Å². The van der Waals surface area contributed by atoms with Crippen molar-refractivity contribution >= 4 is 23.4 Å². The van der Waals surface area contributed by atoms with Crippen molar-refractivity contribution in [2.75, 3.05) is 0 Å². The third-order valence-corrected chi connectivity index (χ3v) is 4.05. The van der Waals surface area contributed by atoms with Gasteiger partial charge in [0.2, 0.25) is 0 Å². The Morgan fingerprint density at radius 1 is 1.10 bits per heavy atom. The molecule has 21 heavy (non-hydrogen) atoms. The molecule has 0 bridgehead atoms. The zero-order valence-electron chi connectivity index (χ0n) is 10.6. The second kappa shape index (κ2) is 6.42. The van der Waals surface area contributed by atoms with Crippen molar-refractivity contribution in [1.29, 1.82) is 5.26 Å². The topological polar surface area (TPSA) is 23.8 Å². The molecule has 1 nitrogen and oxygen atoms in total. The van der Waals surface area contributed by atoms with Gasteiger partial charge in [0.05, 0.1) is 17.2 Å². The molecular weight excluding hydrogens is 319 g/mol. The number of halogens is 4. The molecule has 0 amide bonds. The third kappa shape index (κ3) is 4.16. The zero-order chi connectivity index (χ0) is 15.5. The molecule has 2 rings (SSSR count). The van der Waals surface area contributed by atoms with Crippen molar-refractivity contribution in [3.05, 3.63) is 64.2 Å². The number of hydrogen-bond acceptors (Lipinski definition) is 2. The van der Waals surface area contributed by atoms with Crippen LogP contribution in [0.4, 0.5) is 13.2 Å². The summed E-state index contributed by atoms with van der Waals surface area (Å²) in [4.78, 5) is 0.620. The van der Waals surface area contributed by atoms with Gasteiger partial charge in [0.25, 0.3) is 0 Å². The van der Waals surface area contributed by atoms with E-state index in [4.69, 9.17) is 16.9 Å². The quantitative estimate of drug-likeness (QED) is 0.693. The van der Waals surface area contributed by atoms with Crippen LogP contribution in [0.2, 0.25) is 5.02 Å². The molecule has 2 aromatic carbocycles. The van der Waals surface area contributed by atoms with Gasteiger partial charge in [-0.2, -0.15) is 18.4 Å². The summed E-state index contributed by atoms with van der Waals surface area (Å²) in [6.45, 7) is 0. The van der Waals surface area contributed by atoms with Crippen molar-refractivity contribution in [3.63, 3.8) is 0 Å². The Morgan fingerprint density at radius 3 is 2.33 bits per heavy atom. The van der Waals surface area contributed by atoms with Crippen molar-refractivity contribution in [3.8, 4) is 6.07 Å². The van der Waals surface area contributed by atoms with E-state index in [0.29, 0.717) is 15.7 Å². The first-order valence-corrected chi connectivity index (χ1v) is 7.25. The van der Waals surface area contributed by atoms with Gasteiger partial charge in [0.15, 0.2) is 0 Å². The first kappa shape index (κ1) is 15.7. The molecule has 0 aliphatic heterocycles. The lowest BCUT2D eigenvalue weighted by Gasteiger charge is -2.10.